The van der Waals surface area contributed by atoms with Gasteiger partial charge in [-0.15, -0.1) is 0 Å². The minimum Gasteiger partial charge on any atom is -0.488 e. The Hall–Kier alpha value is -4.14. The molecule has 182 valence electrons. The van der Waals surface area contributed by atoms with Gasteiger partial charge in [-0.05, 0) is 48.9 Å². The van der Waals surface area contributed by atoms with Crippen molar-refractivity contribution >= 4 is 41.0 Å². The summed E-state index contributed by atoms with van der Waals surface area (Å²) in [6, 6.07) is 19.7. The van der Waals surface area contributed by atoms with Crippen LogP contribution >= 0.6 is 23.2 Å². The molecule has 10 heteroatoms. The Morgan fingerprint density at radius 1 is 1.11 bits per heavy atom. The van der Waals surface area contributed by atoms with E-state index in [0.29, 0.717) is 32.9 Å². The van der Waals surface area contributed by atoms with Crippen LogP contribution in [0.2, 0.25) is 10.0 Å². The lowest BCUT2D eigenvalue weighted by Crippen LogP contribution is -2.18. The number of halogens is 2. The number of furan rings is 1. The molecule has 0 saturated carbocycles. The van der Waals surface area contributed by atoms with E-state index in [1.807, 2.05) is 6.92 Å². The van der Waals surface area contributed by atoms with Crippen LogP contribution < -0.4 is 10.2 Å². The number of aryl methyl sites for hydroxylation is 1. The molecule has 1 aromatic heterocycles. The molecule has 4 aromatic rings. The standard InChI is InChI=1S/C26H19Cl2N3O5/c1-16-6-9-19(31(33)34)13-22(16)25-11-10-20(36-25)14-29-30-26(32)21-4-2-3-5-24(21)35-15-17-7-8-18(27)12-23(17)28/h2-14H,15H2,1H3,(H,30,32)/b29-14+. The van der Waals surface area contributed by atoms with Crippen molar-refractivity contribution < 1.29 is 18.9 Å². The summed E-state index contributed by atoms with van der Waals surface area (Å²) in [5, 5.41) is 16.0. The zero-order chi connectivity index (χ0) is 25.7. The number of benzene rings is 3. The van der Waals surface area contributed by atoms with E-state index in [-0.39, 0.29) is 17.9 Å². The Morgan fingerprint density at radius 3 is 2.69 bits per heavy atom. The van der Waals surface area contributed by atoms with Gasteiger partial charge < -0.3 is 9.15 Å². The molecule has 0 bridgehead atoms. The maximum absolute atomic E-state index is 12.7. The molecule has 1 N–H and O–H groups in total. The van der Waals surface area contributed by atoms with Crippen molar-refractivity contribution in [3.8, 4) is 17.1 Å². The lowest BCUT2D eigenvalue weighted by atomic mass is 10.1. The van der Waals surface area contributed by atoms with Crippen molar-refractivity contribution in [2.75, 3.05) is 0 Å². The third-order valence-electron chi connectivity index (χ3n) is 5.21. The van der Waals surface area contributed by atoms with E-state index >= 15 is 0 Å². The van der Waals surface area contributed by atoms with E-state index in [1.54, 1.807) is 60.7 Å². The lowest BCUT2D eigenvalue weighted by Gasteiger charge is -2.11. The number of nitro benzene ring substituents is 1. The van der Waals surface area contributed by atoms with Crippen molar-refractivity contribution in [2.45, 2.75) is 13.5 Å². The summed E-state index contributed by atoms with van der Waals surface area (Å²) in [5.41, 5.74) is 4.84. The predicted molar refractivity (Wildman–Crippen MR) is 138 cm³/mol. The molecule has 36 heavy (non-hydrogen) atoms. The van der Waals surface area contributed by atoms with Crippen LogP contribution in [0.5, 0.6) is 5.75 Å². The summed E-state index contributed by atoms with van der Waals surface area (Å²) in [4.78, 5) is 23.3. The summed E-state index contributed by atoms with van der Waals surface area (Å²) in [7, 11) is 0. The van der Waals surface area contributed by atoms with Gasteiger partial charge in [-0.2, -0.15) is 5.10 Å². The number of carbonyl (C=O) groups excluding carboxylic acids is 1. The first-order valence-corrected chi connectivity index (χ1v) is 11.4. The number of ether oxygens (including phenoxy) is 1. The molecule has 0 radical (unpaired) electrons. The van der Waals surface area contributed by atoms with Crippen LogP contribution in [-0.4, -0.2) is 17.0 Å². The summed E-state index contributed by atoms with van der Waals surface area (Å²) in [6.45, 7) is 1.98. The van der Waals surface area contributed by atoms with Gasteiger partial charge in [0.1, 0.15) is 23.9 Å². The highest BCUT2D eigenvalue weighted by Gasteiger charge is 2.14. The molecule has 0 aliphatic carbocycles. The Balaban J connectivity index is 1.43. The average Bonchev–Trinajstić information content (AvgIpc) is 3.32. The molecular weight excluding hydrogens is 505 g/mol. The number of para-hydroxylation sites is 1. The largest absolute Gasteiger partial charge is 0.488 e. The minimum atomic E-state index is -0.481. The SMILES string of the molecule is Cc1ccc([N+](=O)[O-])cc1-c1ccc(/C=N/NC(=O)c2ccccc2OCc2ccc(Cl)cc2Cl)o1. The smallest absolute Gasteiger partial charge is 0.275 e. The van der Waals surface area contributed by atoms with Gasteiger partial charge >= 0.3 is 0 Å². The normalized spacial score (nSPS) is 11.0. The van der Waals surface area contributed by atoms with E-state index in [2.05, 4.69) is 10.5 Å². The van der Waals surface area contributed by atoms with Gasteiger partial charge in [-0.1, -0.05) is 47.5 Å². The average molecular weight is 524 g/mol. The third kappa shape index (κ3) is 5.91. The highest BCUT2D eigenvalue weighted by atomic mass is 35.5. The summed E-state index contributed by atoms with van der Waals surface area (Å²) in [5.74, 6) is 0.685. The summed E-state index contributed by atoms with van der Waals surface area (Å²) < 4.78 is 11.5. The first-order chi connectivity index (χ1) is 17.3. The van der Waals surface area contributed by atoms with E-state index < -0.39 is 10.8 Å². The number of nitrogens with zero attached hydrogens (tertiary/aromatic N) is 2. The number of nitrogens with one attached hydrogen (secondary N) is 1. The maximum atomic E-state index is 12.7. The molecule has 8 nitrogen and oxygen atoms in total. The Morgan fingerprint density at radius 2 is 1.92 bits per heavy atom. The molecule has 1 heterocycles. The van der Waals surface area contributed by atoms with Gasteiger partial charge in [0, 0.05) is 33.3 Å². The van der Waals surface area contributed by atoms with Gasteiger partial charge in [0.15, 0.2) is 0 Å². The van der Waals surface area contributed by atoms with Crippen LogP contribution in [0.15, 0.2) is 82.3 Å². The molecule has 0 saturated heterocycles. The fourth-order valence-electron chi connectivity index (χ4n) is 3.35. The Labute approximate surface area is 216 Å². The molecule has 1 amide bonds. The second kappa shape index (κ2) is 11.1. The van der Waals surface area contributed by atoms with Gasteiger partial charge in [-0.25, -0.2) is 5.43 Å². The minimum absolute atomic E-state index is 0.0336. The van der Waals surface area contributed by atoms with Crippen LogP contribution in [0.25, 0.3) is 11.3 Å². The number of carbonyl (C=O) groups is 1. The second-order valence-corrected chi connectivity index (χ2v) is 8.52. The quantitative estimate of drug-likeness (QED) is 0.155. The molecule has 0 aliphatic heterocycles. The van der Waals surface area contributed by atoms with Crippen molar-refractivity contribution in [1.29, 1.82) is 0 Å². The van der Waals surface area contributed by atoms with Gasteiger partial charge in [-0.3, -0.25) is 14.9 Å². The van der Waals surface area contributed by atoms with E-state index in [9.17, 15) is 14.9 Å². The molecule has 0 fully saturated rings. The van der Waals surface area contributed by atoms with E-state index in [1.165, 1.54) is 18.3 Å². The zero-order valence-electron chi connectivity index (χ0n) is 18.9. The molecule has 4 rings (SSSR count). The highest BCUT2D eigenvalue weighted by molar-refractivity contribution is 6.35. The molecule has 3 aromatic carbocycles. The van der Waals surface area contributed by atoms with Gasteiger partial charge in [0.05, 0.1) is 16.7 Å². The first-order valence-electron chi connectivity index (χ1n) is 10.7. The van der Waals surface area contributed by atoms with Crippen LogP contribution in [0.1, 0.15) is 27.2 Å². The number of non-ortho nitro benzene ring substituents is 1. The third-order valence-corrected chi connectivity index (χ3v) is 5.80. The topological polar surface area (TPSA) is 107 Å². The number of hydrogen-bond donors (Lipinski definition) is 1. The summed E-state index contributed by atoms with van der Waals surface area (Å²) >= 11 is 12.1. The van der Waals surface area contributed by atoms with Gasteiger partial charge in [0.2, 0.25) is 0 Å². The zero-order valence-corrected chi connectivity index (χ0v) is 20.4. The fourth-order valence-corrected chi connectivity index (χ4v) is 3.81. The number of nitro groups is 1. The van der Waals surface area contributed by atoms with Crippen molar-refractivity contribution in [2.24, 2.45) is 5.10 Å². The highest BCUT2D eigenvalue weighted by Crippen LogP contribution is 2.29. The molecule has 0 unspecified atom stereocenters. The Kier molecular flexibility index (Phi) is 7.68. The number of hydrazone groups is 1. The van der Waals surface area contributed by atoms with E-state index in [4.69, 9.17) is 32.4 Å². The fraction of sp³-hybridized carbons (Fsp3) is 0.0769. The predicted octanol–water partition coefficient (Wildman–Crippen LogP) is 6.81. The lowest BCUT2D eigenvalue weighted by molar-refractivity contribution is -0.384. The maximum Gasteiger partial charge on any atom is 0.275 e. The Bertz CT molecular complexity index is 1470. The molecule has 0 spiro atoms. The summed E-state index contributed by atoms with van der Waals surface area (Å²) in [6.07, 6.45) is 1.34. The van der Waals surface area contributed by atoms with Crippen LogP contribution in [0.4, 0.5) is 5.69 Å². The van der Waals surface area contributed by atoms with Crippen molar-refractivity contribution in [1.82, 2.24) is 5.43 Å². The number of amides is 1. The van der Waals surface area contributed by atoms with Crippen molar-refractivity contribution in [3.63, 3.8) is 0 Å². The van der Waals surface area contributed by atoms with Crippen LogP contribution in [0, 0.1) is 17.0 Å². The monoisotopic (exact) mass is 523 g/mol. The van der Waals surface area contributed by atoms with Gasteiger partial charge in [0.25, 0.3) is 11.6 Å². The van der Waals surface area contributed by atoms with Crippen LogP contribution in [-0.2, 0) is 6.61 Å². The second-order valence-electron chi connectivity index (χ2n) is 7.68. The van der Waals surface area contributed by atoms with Crippen LogP contribution in [0.3, 0.4) is 0 Å². The molecule has 0 aliphatic rings. The first kappa shape index (κ1) is 25.0. The number of hydrogen-bond acceptors (Lipinski definition) is 6. The number of rotatable bonds is 8. The van der Waals surface area contributed by atoms with Crippen molar-refractivity contribution in [3.05, 3.63) is 115 Å². The molecular formula is C26H19Cl2N3O5. The molecule has 0 atom stereocenters. The van der Waals surface area contributed by atoms with E-state index in [0.717, 1.165) is 11.1 Å².